The molecule has 0 bridgehead atoms. The van der Waals surface area contributed by atoms with Crippen LogP contribution in [0.1, 0.15) is 39.0 Å². The molecule has 1 aromatic carbocycles. The Kier molecular flexibility index (Phi) is 4.92. The molecule has 25 heavy (non-hydrogen) atoms. The Hall–Kier alpha value is -2.57. The average molecular weight is 345 g/mol. The van der Waals surface area contributed by atoms with Crippen LogP contribution in [0.25, 0.3) is 0 Å². The van der Waals surface area contributed by atoms with Gasteiger partial charge in [0, 0.05) is 16.9 Å². The maximum Gasteiger partial charge on any atom is 0.414 e. The van der Waals surface area contributed by atoms with Gasteiger partial charge in [-0.25, -0.2) is 4.79 Å². The van der Waals surface area contributed by atoms with Crippen LogP contribution in [-0.2, 0) is 14.3 Å². The lowest BCUT2D eigenvalue weighted by Crippen LogP contribution is -2.50. The minimum Gasteiger partial charge on any atom is -0.447 e. The molecule has 0 spiro atoms. The third-order valence-electron chi connectivity index (χ3n) is 4.76. The number of anilines is 2. The van der Waals surface area contributed by atoms with Crippen molar-refractivity contribution in [3.63, 3.8) is 0 Å². The normalized spacial score (nSPS) is 19.2. The van der Waals surface area contributed by atoms with E-state index >= 15 is 0 Å². The van der Waals surface area contributed by atoms with Crippen molar-refractivity contribution >= 4 is 29.3 Å². The van der Waals surface area contributed by atoms with Crippen LogP contribution < -0.4 is 15.5 Å². The van der Waals surface area contributed by atoms with E-state index in [4.69, 9.17) is 4.74 Å². The van der Waals surface area contributed by atoms with Gasteiger partial charge >= 0.3 is 17.9 Å². The van der Waals surface area contributed by atoms with Crippen LogP contribution in [0.4, 0.5) is 16.2 Å². The summed E-state index contributed by atoms with van der Waals surface area (Å²) >= 11 is 0. The smallest absolute Gasteiger partial charge is 0.414 e. The highest BCUT2D eigenvalue weighted by Gasteiger charge is 2.30. The number of nitrogens with zero attached hydrogens (tertiary/aromatic N) is 1. The number of amides is 3. The Morgan fingerprint density at radius 1 is 1.16 bits per heavy atom. The maximum atomic E-state index is 12.2. The van der Waals surface area contributed by atoms with Crippen LogP contribution >= 0.6 is 0 Å². The fraction of sp³-hybridized carbons (Fsp3) is 0.500. The number of ether oxygens (including phenoxy) is 1. The monoisotopic (exact) mass is 345 g/mol. The number of carbonyl (C=O) groups excluding carboxylic acids is 3. The zero-order valence-corrected chi connectivity index (χ0v) is 14.3. The zero-order valence-electron chi connectivity index (χ0n) is 14.3. The summed E-state index contributed by atoms with van der Waals surface area (Å²) in [6.45, 7) is 2.79. The molecule has 0 aromatic heterocycles. The molecule has 0 unspecified atom stereocenters. The van der Waals surface area contributed by atoms with Crippen molar-refractivity contribution in [3.8, 4) is 0 Å². The van der Waals surface area contributed by atoms with Gasteiger partial charge in [0.05, 0.1) is 6.54 Å². The average Bonchev–Trinajstić information content (AvgIpc) is 3.01. The number of nitrogens with one attached hydrogen (secondary N) is 2. The quantitative estimate of drug-likeness (QED) is 0.824. The second-order valence-corrected chi connectivity index (χ2v) is 6.85. The van der Waals surface area contributed by atoms with Gasteiger partial charge in [-0.15, -0.1) is 0 Å². The van der Waals surface area contributed by atoms with Crippen molar-refractivity contribution in [1.29, 1.82) is 0 Å². The Morgan fingerprint density at radius 3 is 2.60 bits per heavy atom. The van der Waals surface area contributed by atoms with Crippen molar-refractivity contribution in [2.45, 2.75) is 44.6 Å². The molecule has 1 aliphatic heterocycles. The van der Waals surface area contributed by atoms with E-state index in [0.717, 1.165) is 25.7 Å². The van der Waals surface area contributed by atoms with Crippen molar-refractivity contribution in [3.05, 3.63) is 24.3 Å². The number of carbonyl (C=O) groups is 3. The van der Waals surface area contributed by atoms with Crippen LogP contribution in [0, 0.1) is 0 Å². The highest BCUT2D eigenvalue weighted by Crippen LogP contribution is 2.27. The highest BCUT2D eigenvalue weighted by molar-refractivity contribution is 6.39. The first-order valence-electron chi connectivity index (χ1n) is 8.65. The Balaban J connectivity index is 1.62. The van der Waals surface area contributed by atoms with Crippen molar-refractivity contribution in [2.24, 2.45) is 0 Å². The lowest BCUT2D eigenvalue weighted by Gasteiger charge is -2.34. The SMILES string of the molecule is CC1(NC(=O)C(=O)Nc2cccc(N3CCOC3=O)c2)CCCCC1. The summed E-state index contributed by atoms with van der Waals surface area (Å²) in [4.78, 5) is 37.5. The molecular weight excluding hydrogens is 322 g/mol. The molecule has 0 atom stereocenters. The van der Waals surface area contributed by atoms with E-state index in [-0.39, 0.29) is 5.54 Å². The van der Waals surface area contributed by atoms with Gasteiger partial charge in [0.15, 0.2) is 0 Å². The molecule has 7 heteroatoms. The third kappa shape index (κ3) is 4.10. The Morgan fingerprint density at radius 2 is 1.92 bits per heavy atom. The van der Waals surface area contributed by atoms with Crippen LogP contribution in [0.15, 0.2) is 24.3 Å². The lowest BCUT2D eigenvalue weighted by molar-refractivity contribution is -0.137. The van der Waals surface area contributed by atoms with E-state index in [0.29, 0.717) is 24.5 Å². The molecule has 3 amide bonds. The van der Waals surface area contributed by atoms with Gasteiger partial charge < -0.3 is 15.4 Å². The first-order chi connectivity index (χ1) is 12.0. The topological polar surface area (TPSA) is 87.7 Å². The van der Waals surface area contributed by atoms with Crippen molar-refractivity contribution in [1.82, 2.24) is 5.32 Å². The summed E-state index contributed by atoms with van der Waals surface area (Å²) in [6, 6.07) is 6.81. The van der Waals surface area contributed by atoms with Gasteiger partial charge in [-0.3, -0.25) is 14.5 Å². The summed E-state index contributed by atoms with van der Waals surface area (Å²) in [5, 5.41) is 5.45. The third-order valence-corrected chi connectivity index (χ3v) is 4.76. The second-order valence-electron chi connectivity index (χ2n) is 6.85. The van der Waals surface area contributed by atoms with Gasteiger partial charge in [-0.2, -0.15) is 0 Å². The summed E-state index contributed by atoms with van der Waals surface area (Å²) in [7, 11) is 0. The second kappa shape index (κ2) is 7.13. The van der Waals surface area contributed by atoms with Crippen LogP contribution in [0.2, 0.25) is 0 Å². The minimum absolute atomic E-state index is 0.312. The molecule has 3 rings (SSSR count). The molecule has 0 radical (unpaired) electrons. The number of rotatable bonds is 3. The number of benzene rings is 1. The molecule has 2 fully saturated rings. The molecule has 1 heterocycles. The molecule has 1 saturated heterocycles. The molecule has 7 nitrogen and oxygen atoms in total. The molecule has 1 aliphatic carbocycles. The van der Waals surface area contributed by atoms with Crippen molar-refractivity contribution in [2.75, 3.05) is 23.4 Å². The summed E-state index contributed by atoms with van der Waals surface area (Å²) < 4.78 is 4.91. The van der Waals surface area contributed by atoms with Gasteiger partial charge in [-0.05, 0) is 38.0 Å². The van der Waals surface area contributed by atoms with Crippen molar-refractivity contribution < 1.29 is 19.1 Å². The number of cyclic esters (lactones) is 1. The Labute approximate surface area is 146 Å². The van der Waals surface area contributed by atoms with E-state index in [1.807, 2.05) is 6.92 Å². The lowest BCUT2D eigenvalue weighted by atomic mass is 9.83. The fourth-order valence-electron chi connectivity index (χ4n) is 3.36. The van der Waals surface area contributed by atoms with E-state index in [2.05, 4.69) is 10.6 Å². The summed E-state index contributed by atoms with van der Waals surface area (Å²) in [6.07, 6.45) is 4.66. The number of hydrogen-bond donors (Lipinski definition) is 2. The molecular formula is C18H23N3O4. The summed E-state index contributed by atoms with van der Waals surface area (Å²) in [5.41, 5.74) is 0.777. The molecule has 1 saturated carbocycles. The Bertz CT molecular complexity index is 683. The van der Waals surface area contributed by atoms with E-state index in [1.54, 1.807) is 24.3 Å². The molecule has 2 aliphatic rings. The van der Waals surface area contributed by atoms with E-state index in [9.17, 15) is 14.4 Å². The predicted molar refractivity (Wildman–Crippen MR) is 93.4 cm³/mol. The largest absolute Gasteiger partial charge is 0.447 e. The molecule has 2 N–H and O–H groups in total. The van der Waals surface area contributed by atoms with E-state index < -0.39 is 17.9 Å². The minimum atomic E-state index is -0.701. The molecule has 134 valence electrons. The first-order valence-corrected chi connectivity index (χ1v) is 8.65. The standard InChI is InChI=1S/C18H23N3O4/c1-18(8-3-2-4-9-18)20-16(23)15(22)19-13-6-5-7-14(12-13)21-10-11-25-17(21)24/h5-7,12H,2-4,8-11H2,1H3,(H,19,22)(H,20,23). The first kappa shape index (κ1) is 17.3. The zero-order chi connectivity index (χ0) is 17.9. The van der Waals surface area contributed by atoms with Crippen LogP contribution in [0.5, 0.6) is 0 Å². The van der Waals surface area contributed by atoms with E-state index in [1.165, 1.54) is 11.3 Å². The molecule has 1 aromatic rings. The van der Waals surface area contributed by atoms with Crippen LogP contribution in [-0.4, -0.2) is 36.6 Å². The van der Waals surface area contributed by atoms with Gasteiger partial charge in [-0.1, -0.05) is 25.3 Å². The van der Waals surface area contributed by atoms with Gasteiger partial charge in [0.25, 0.3) is 0 Å². The van der Waals surface area contributed by atoms with Gasteiger partial charge in [0.1, 0.15) is 6.61 Å². The maximum absolute atomic E-state index is 12.2. The number of hydrogen-bond acceptors (Lipinski definition) is 4. The highest BCUT2D eigenvalue weighted by atomic mass is 16.6. The summed E-state index contributed by atoms with van der Waals surface area (Å²) in [5.74, 6) is -1.33. The van der Waals surface area contributed by atoms with Gasteiger partial charge in [0.2, 0.25) is 0 Å². The predicted octanol–water partition coefficient (Wildman–Crippen LogP) is 2.42. The fourth-order valence-corrected chi connectivity index (χ4v) is 3.36. The van der Waals surface area contributed by atoms with Crippen LogP contribution in [0.3, 0.4) is 0 Å².